The summed E-state index contributed by atoms with van der Waals surface area (Å²) >= 11 is 5.57. The van der Waals surface area contributed by atoms with Crippen LogP contribution in [0.15, 0.2) is 176 Å². The Balaban J connectivity index is -0.00000160. The molecule has 0 saturated carbocycles. The minimum Gasteiger partial charge on any atom is -0.481 e. The minimum atomic E-state index is -1.01. The van der Waals surface area contributed by atoms with Gasteiger partial charge in [0.1, 0.15) is 65.4 Å². The third kappa shape index (κ3) is 47.8. The highest BCUT2D eigenvalue weighted by Crippen LogP contribution is 2.28. The van der Waals surface area contributed by atoms with Crippen molar-refractivity contribution in [2.24, 2.45) is 11.8 Å². The number of nitrogens with zero attached hydrogens (tertiary/aromatic N) is 2. The van der Waals surface area contributed by atoms with Crippen LogP contribution in [0.25, 0.3) is 0 Å². The van der Waals surface area contributed by atoms with Gasteiger partial charge < -0.3 is 53.2 Å². The molecule has 129 heavy (non-hydrogen) atoms. The Labute approximate surface area is 795 Å². The quantitative estimate of drug-likeness (QED) is 0.00642. The molecule has 7 aromatic carbocycles. The molecule has 7 aromatic rings. The van der Waals surface area contributed by atoms with E-state index in [0.29, 0.717) is 116 Å². The first kappa shape index (κ1) is 112. The van der Waals surface area contributed by atoms with Crippen LogP contribution in [0, 0.1) is 138 Å². The predicted octanol–water partition coefficient (Wildman–Crippen LogP) is 19.0. The number of allylic oxidation sites excluding steroid dienone is 1. The van der Waals surface area contributed by atoms with E-state index in [1.807, 2.05) is 45.9 Å². The fourth-order valence-corrected chi connectivity index (χ4v) is 11.7. The minimum absolute atomic E-state index is 0. The van der Waals surface area contributed by atoms with E-state index in [9.17, 15) is 49.9 Å². The van der Waals surface area contributed by atoms with Gasteiger partial charge in [-0.1, -0.05) is 183 Å². The van der Waals surface area contributed by atoms with Crippen LogP contribution in [0.3, 0.4) is 0 Å². The number of aryl methyl sites for hydroxylation is 7. The highest BCUT2D eigenvalue weighted by atomic mass is 127. The van der Waals surface area contributed by atoms with Crippen molar-refractivity contribution >= 4 is 106 Å². The molecule has 3 N–H and O–H groups in total. The number of alkyl halides is 2. The highest BCUT2D eigenvalue weighted by molar-refractivity contribution is 14.1. The number of halogens is 9. The van der Waals surface area contributed by atoms with E-state index in [1.165, 1.54) is 78.9 Å². The second-order valence-electron chi connectivity index (χ2n) is 29.4. The van der Waals surface area contributed by atoms with Crippen molar-refractivity contribution in [3.8, 4) is 48.0 Å². The summed E-state index contributed by atoms with van der Waals surface area (Å²) in [6.07, 6.45) is 20.6. The highest BCUT2D eigenvalue weighted by Gasteiger charge is 2.44. The zero-order chi connectivity index (χ0) is 102. The van der Waals surface area contributed by atoms with Gasteiger partial charge >= 0.3 is 12.2 Å². The number of hydrogen-bond acceptors (Lipinski definition) is 15. The van der Waals surface area contributed by atoms with Crippen molar-refractivity contribution in [1.82, 2.24) is 9.80 Å². The standard InChI is InChI=1S/C27H33F2NO5.C27H31F2NO5.C12H14FIO.C12H15FO2.C8H8BrF.C6H2.C4H8O2.CH4.B6.3H2/c2*1-17(2)24-16-34-27(32)30(24)26(31)25(35-21-9-11-23(29)19(4)14-21)7-5-6-12-33-15-20-8-10-22(28)18(3)13-20;2*1-10-8-11(4-5-12(10)13)9-15-7-3-2-6-14;1-6-4-7(5-9)2-3-8(6)10;1-3-5-6-4-2;5-3-1-2-4-6;;1-5(2)6(3)4;;;/h8-11,13-14,17,24-25H,5-7,12,15-16H2,1-4H3;5-6,8-11,13-14,17,24-25H,7,12,15-16H2,1-4H3;2-5,8H,6-7,9H2,1H3;2-5,8,14H,6-7,9H2,1H3;2-4H,5H2,1H3;1-2H;1-2,5-6H,3-4H2;1H4;;3*1H/t2*24-,25-;;;;;;;;;;/m11........../s1/i;;;;;;;;;3*1+1D. The number of cyclic esters (lactones) is 2. The number of amides is 4. The molecule has 690 valence electrons. The van der Waals surface area contributed by atoms with Gasteiger partial charge in [0.15, 0.2) is 12.2 Å². The maximum absolute atomic E-state index is 13.7. The molecule has 0 aromatic heterocycles. The molecular formula is C97H121B6BrF7IN2O15. The van der Waals surface area contributed by atoms with Gasteiger partial charge in [0.2, 0.25) is 0 Å². The number of rotatable bonds is 35. The molecule has 0 spiro atoms. The van der Waals surface area contributed by atoms with E-state index in [0.717, 1.165) is 47.4 Å². The fourth-order valence-electron chi connectivity index (χ4n) is 11.0. The van der Waals surface area contributed by atoms with E-state index in [1.54, 1.807) is 121 Å². The molecular weight excluding hydrogens is 1840 g/mol. The van der Waals surface area contributed by atoms with Crippen LogP contribution in [-0.4, -0.2) is 181 Å². The molecule has 2 heterocycles. The van der Waals surface area contributed by atoms with Gasteiger partial charge in [-0.25, -0.2) is 50.1 Å². The summed E-state index contributed by atoms with van der Waals surface area (Å²) < 4.78 is 168. The van der Waals surface area contributed by atoms with Crippen LogP contribution < -0.4 is 9.47 Å². The summed E-state index contributed by atoms with van der Waals surface area (Å²) in [6, 6.07) is 32.5. The van der Waals surface area contributed by atoms with Crippen molar-refractivity contribution in [2.45, 2.75) is 165 Å². The fraction of sp³-hybridized carbons (Fsp3) is 0.381. The molecule has 4 atom stereocenters. The summed E-state index contributed by atoms with van der Waals surface area (Å²) in [5, 5.41) is 25.3. The van der Waals surface area contributed by atoms with E-state index in [-0.39, 0.29) is 118 Å². The van der Waals surface area contributed by atoms with Crippen LogP contribution in [-0.2, 0) is 69.8 Å². The first-order chi connectivity index (χ1) is 64.0. The van der Waals surface area contributed by atoms with E-state index >= 15 is 0 Å². The largest absolute Gasteiger partial charge is 0.481 e. The lowest BCUT2D eigenvalue weighted by atomic mass is 8.81. The lowest BCUT2D eigenvalue weighted by molar-refractivity contribution is -0.138. The molecule has 32 heteroatoms. The van der Waals surface area contributed by atoms with Crippen molar-refractivity contribution in [3.63, 3.8) is 0 Å². The monoisotopic (exact) mass is 1960 g/mol. The number of ether oxygens (including phenoxy) is 8. The summed E-state index contributed by atoms with van der Waals surface area (Å²) in [6.45, 7) is 23.3. The van der Waals surface area contributed by atoms with Gasteiger partial charge in [0, 0.05) is 75.4 Å². The molecule has 4 amide bonds. The molecule has 17 nitrogen and oxygen atoms in total. The third-order valence-corrected chi connectivity index (χ3v) is 19.4. The van der Waals surface area contributed by atoms with E-state index in [2.05, 4.69) is 68.3 Å². The topological polar surface area (TPSA) is 209 Å². The Kier molecular flexibility index (Phi) is 58.6. The van der Waals surface area contributed by atoms with Gasteiger partial charge in [-0.2, -0.15) is 0 Å². The SMILES string of the molecule is C.C#CC#CC#C.Cc1cc(CBr)ccc1F.Cc1cc(COCC=CCI)ccc1F.Cc1cc(COCC=CCO)ccc1F.Cc1cc(COCC=CC[C@@H](Oc2ccc(F)c(C)c2)C(=O)N2C(=O)OC[C@@H]2C(C)C)ccc1F.Cc1cc(COCCCC[C@@H](Oc2ccc(F)c(C)c2)C(=O)N2C(=O)OC[C@@H]2C(C)C)ccc1F.OCC=CCO.[2H][2H].[2H][2H].[2H][2H].[B]B([B])B([B])[B]. The zero-order valence-electron chi connectivity index (χ0n) is 80.3. The number of benzene rings is 7. The Morgan fingerprint density at radius 1 is 0.488 bits per heavy atom. The molecule has 2 saturated heterocycles. The van der Waals surface area contributed by atoms with Crippen LogP contribution in [0.5, 0.6) is 11.5 Å². The van der Waals surface area contributed by atoms with Crippen molar-refractivity contribution in [3.05, 3.63) is 283 Å². The molecule has 2 fully saturated rings. The number of hydrogen-bond donors (Lipinski definition) is 3. The molecule has 0 bridgehead atoms. The molecule has 2 aliphatic rings. The van der Waals surface area contributed by atoms with Crippen LogP contribution >= 0.6 is 38.5 Å². The Hall–Kier alpha value is -9.51. The number of aliphatic hydroxyl groups excluding tert-OH is 3. The van der Waals surface area contributed by atoms with Gasteiger partial charge in [0.05, 0.1) is 78.2 Å². The summed E-state index contributed by atoms with van der Waals surface area (Å²) in [4.78, 5) is 53.6. The van der Waals surface area contributed by atoms with Crippen molar-refractivity contribution in [1.29, 1.82) is 0 Å². The number of imide groups is 2. The lowest BCUT2D eigenvalue weighted by Crippen LogP contribution is -2.48. The average Bonchev–Trinajstić information content (AvgIpc) is 1.70. The smallest absolute Gasteiger partial charge is 0.417 e. The molecule has 8 radical (unpaired) electrons. The maximum atomic E-state index is 13.7. The van der Waals surface area contributed by atoms with Crippen molar-refractivity contribution in [2.75, 3.05) is 63.9 Å². The molecule has 0 unspecified atom stereocenters. The third-order valence-electron chi connectivity index (χ3n) is 18.3. The maximum Gasteiger partial charge on any atom is 0.417 e. The number of terminal acetylenes is 2. The summed E-state index contributed by atoms with van der Waals surface area (Å²) in [5.41, 5.74) is 8.72. The second-order valence-corrected chi connectivity index (χ2v) is 30.8. The Morgan fingerprint density at radius 3 is 1.11 bits per heavy atom. The number of aliphatic hydroxyl groups is 3. The average molecular weight is 1970 g/mol. The van der Waals surface area contributed by atoms with Crippen LogP contribution in [0.2, 0.25) is 0 Å². The molecule has 9 rings (SSSR count). The first-order valence-corrected chi connectivity index (χ1v) is 43.6. The van der Waals surface area contributed by atoms with Crippen LogP contribution in [0.4, 0.5) is 40.3 Å². The zero-order valence-corrected chi connectivity index (χ0v) is 78.0. The first-order valence-electron chi connectivity index (χ1n) is 43.9. The van der Waals surface area contributed by atoms with E-state index in [4.69, 9.17) is 106 Å². The predicted molar refractivity (Wildman–Crippen MR) is 520 cm³/mol. The van der Waals surface area contributed by atoms with E-state index < -0.39 is 49.0 Å². The summed E-state index contributed by atoms with van der Waals surface area (Å²) in [7, 11) is 19.9. The molecule has 2 aliphatic heterocycles. The van der Waals surface area contributed by atoms with Crippen molar-refractivity contribution < 1.29 is 112 Å². The number of carbonyl (C=O) groups is 4. The summed E-state index contributed by atoms with van der Waals surface area (Å²) in [5.74, 6) is 6.62. The number of carbonyl (C=O) groups excluding carboxylic acids is 4. The lowest BCUT2D eigenvalue weighted by Gasteiger charge is -2.27. The Bertz CT molecular complexity index is 4750. The van der Waals surface area contributed by atoms with Gasteiger partial charge in [0.25, 0.3) is 11.8 Å². The van der Waals surface area contributed by atoms with Crippen LogP contribution in [0.1, 0.15) is 136 Å². The van der Waals surface area contributed by atoms with Gasteiger partial charge in [-0.3, -0.25) is 9.59 Å². The van der Waals surface area contributed by atoms with Gasteiger partial charge in [-0.05, 0) is 237 Å². The Morgan fingerprint density at radius 2 is 0.791 bits per heavy atom. The number of unbranched alkanes of at least 4 members (excludes halogenated alkanes) is 1. The molecule has 0 aliphatic carbocycles. The van der Waals surface area contributed by atoms with Gasteiger partial charge in [-0.15, -0.1) is 12.8 Å². The second kappa shape index (κ2) is 67.7. The normalized spacial score (nSPS) is 13.5.